The third-order valence-electron chi connectivity index (χ3n) is 2.50. The highest BCUT2D eigenvalue weighted by atomic mass is 35.5. The molecule has 1 amide bonds. The predicted octanol–water partition coefficient (Wildman–Crippen LogP) is 1.53. The summed E-state index contributed by atoms with van der Waals surface area (Å²) in [7, 11) is 0. The van der Waals surface area contributed by atoms with Crippen molar-refractivity contribution in [2.45, 2.75) is 25.8 Å². The molecule has 102 valence electrons. The lowest BCUT2D eigenvalue weighted by atomic mass is 10.2. The largest absolute Gasteiger partial charge is 0.354 e. The Bertz CT molecular complexity index is 513. The van der Waals surface area contributed by atoms with Crippen LogP contribution < -0.4 is 5.32 Å². The number of carbonyl (C=O) groups excluding carboxylic acids is 1. The fourth-order valence-corrected chi connectivity index (χ4v) is 2.72. The summed E-state index contributed by atoms with van der Waals surface area (Å²) in [6.07, 6.45) is 4.39. The molecule has 0 fully saturated rings. The second kappa shape index (κ2) is 7.20. The van der Waals surface area contributed by atoms with Gasteiger partial charge < -0.3 is 5.32 Å². The minimum absolute atomic E-state index is 0.0773. The molecule has 8 heteroatoms. The lowest BCUT2D eigenvalue weighted by Crippen LogP contribution is -2.28. The van der Waals surface area contributed by atoms with Gasteiger partial charge in [0.2, 0.25) is 5.91 Å². The summed E-state index contributed by atoms with van der Waals surface area (Å²) >= 11 is 7.46. The summed E-state index contributed by atoms with van der Waals surface area (Å²) in [5.41, 5.74) is 0. The molecule has 1 N–H and O–H groups in total. The van der Waals surface area contributed by atoms with Gasteiger partial charge in [0.05, 0.1) is 4.34 Å². The molecule has 0 aliphatic heterocycles. The number of carbonyl (C=O) groups is 1. The van der Waals surface area contributed by atoms with Crippen molar-refractivity contribution in [2.24, 2.45) is 0 Å². The van der Waals surface area contributed by atoms with Gasteiger partial charge >= 0.3 is 0 Å². The Morgan fingerprint density at radius 2 is 2.32 bits per heavy atom. The molecule has 2 aromatic rings. The number of rotatable bonds is 7. The number of hydrogen-bond acceptors (Lipinski definition) is 5. The van der Waals surface area contributed by atoms with Gasteiger partial charge in [-0.25, -0.2) is 4.68 Å². The van der Waals surface area contributed by atoms with E-state index >= 15 is 0 Å². The van der Waals surface area contributed by atoms with Gasteiger partial charge in [-0.3, -0.25) is 4.79 Å². The summed E-state index contributed by atoms with van der Waals surface area (Å²) < 4.78 is 2.22. The van der Waals surface area contributed by atoms with Crippen molar-refractivity contribution in [3.05, 3.63) is 27.7 Å². The normalized spacial score (nSPS) is 10.6. The number of halogens is 1. The Hall–Kier alpha value is -1.47. The molecule has 0 bridgehead atoms. The highest BCUT2D eigenvalue weighted by Gasteiger charge is 2.03. The van der Waals surface area contributed by atoms with E-state index in [1.807, 2.05) is 12.1 Å². The zero-order valence-electron chi connectivity index (χ0n) is 10.3. The van der Waals surface area contributed by atoms with E-state index in [0.717, 1.165) is 23.6 Å². The van der Waals surface area contributed by atoms with Crippen LogP contribution in [0, 0.1) is 0 Å². The first-order valence-corrected chi connectivity index (χ1v) is 7.15. The maximum absolute atomic E-state index is 11.5. The van der Waals surface area contributed by atoms with Gasteiger partial charge in [0, 0.05) is 11.4 Å². The number of amides is 1. The molecule has 0 saturated carbocycles. The topological polar surface area (TPSA) is 72.7 Å². The number of hydrogen-bond donors (Lipinski definition) is 1. The molecule has 0 aliphatic carbocycles. The number of thiophene rings is 1. The van der Waals surface area contributed by atoms with Gasteiger partial charge in [0.25, 0.3) is 0 Å². The number of nitrogens with zero attached hydrogens (tertiary/aromatic N) is 4. The molecule has 2 aromatic heterocycles. The van der Waals surface area contributed by atoms with Crippen LogP contribution in [0.15, 0.2) is 18.5 Å². The molecule has 0 spiro atoms. The highest BCUT2D eigenvalue weighted by Crippen LogP contribution is 2.22. The van der Waals surface area contributed by atoms with E-state index in [-0.39, 0.29) is 12.5 Å². The third kappa shape index (κ3) is 4.96. The summed E-state index contributed by atoms with van der Waals surface area (Å²) in [5.74, 6) is -0.0773. The second-order valence-electron chi connectivity index (χ2n) is 4.02. The fourth-order valence-electron chi connectivity index (χ4n) is 1.59. The van der Waals surface area contributed by atoms with Crippen molar-refractivity contribution in [3.63, 3.8) is 0 Å². The van der Waals surface area contributed by atoms with Gasteiger partial charge in [0.1, 0.15) is 12.9 Å². The summed E-state index contributed by atoms with van der Waals surface area (Å²) in [5, 5.41) is 13.4. The Morgan fingerprint density at radius 3 is 3.00 bits per heavy atom. The zero-order valence-corrected chi connectivity index (χ0v) is 11.8. The van der Waals surface area contributed by atoms with Gasteiger partial charge in [-0.1, -0.05) is 11.6 Å². The Balaban J connectivity index is 1.55. The number of aromatic nitrogens is 4. The van der Waals surface area contributed by atoms with Crippen molar-refractivity contribution in [2.75, 3.05) is 6.54 Å². The smallest absolute Gasteiger partial charge is 0.241 e. The molecule has 0 radical (unpaired) electrons. The molecule has 0 aliphatic rings. The van der Waals surface area contributed by atoms with Crippen molar-refractivity contribution in [3.8, 4) is 0 Å². The van der Waals surface area contributed by atoms with E-state index in [9.17, 15) is 4.79 Å². The van der Waals surface area contributed by atoms with Crippen LogP contribution in [0.25, 0.3) is 0 Å². The van der Waals surface area contributed by atoms with E-state index in [2.05, 4.69) is 20.8 Å². The molecule has 6 nitrogen and oxygen atoms in total. The van der Waals surface area contributed by atoms with Gasteiger partial charge in [0.15, 0.2) is 0 Å². The molecular weight excluding hydrogens is 286 g/mol. The van der Waals surface area contributed by atoms with Gasteiger partial charge in [-0.05, 0) is 41.8 Å². The second-order valence-corrected chi connectivity index (χ2v) is 5.82. The van der Waals surface area contributed by atoms with Crippen molar-refractivity contribution < 1.29 is 4.79 Å². The Labute approximate surface area is 119 Å². The SMILES string of the molecule is O=C(Cn1cnnn1)NCCCCc1ccc(Cl)s1. The molecule has 0 aromatic carbocycles. The first-order chi connectivity index (χ1) is 9.24. The first kappa shape index (κ1) is 14.0. The fraction of sp³-hybridized carbons (Fsp3) is 0.455. The molecule has 2 rings (SSSR count). The van der Waals surface area contributed by atoms with Crippen LogP contribution in [-0.4, -0.2) is 32.7 Å². The van der Waals surface area contributed by atoms with Gasteiger partial charge in [-0.2, -0.15) is 0 Å². The van der Waals surface area contributed by atoms with Crippen LogP contribution in [0.3, 0.4) is 0 Å². The van der Waals surface area contributed by atoms with Crippen LogP contribution >= 0.6 is 22.9 Å². The van der Waals surface area contributed by atoms with E-state index in [1.54, 1.807) is 11.3 Å². The van der Waals surface area contributed by atoms with Crippen LogP contribution in [0.1, 0.15) is 17.7 Å². The Kier molecular flexibility index (Phi) is 5.29. The minimum atomic E-state index is -0.0773. The molecule has 0 unspecified atom stereocenters. The van der Waals surface area contributed by atoms with Crippen LogP contribution in [0.2, 0.25) is 4.34 Å². The van der Waals surface area contributed by atoms with E-state index in [0.29, 0.717) is 6.54 Å². The van der Waals surface area contributed by atoms with Crippen molar-refractivity contribution in [1.82, 2.24) is 25.5 Å². The zero-order chi connectivity index (χ0) is 13.5. The maximum Gasteiger partial charge on any atom is 0.241 e. The average molecular weight is 300 g/mol. The molecular formula is C11H14ClN5OS. The molecule has 2 heterocycles. The molecule has 0 saturated heterocycles. The quantitative estimate of drug-likeness (QED) is 0.787. The maximum atomic E-state index is 11.5. The Morgan fingerprint density at radius 1 is 1.42 bits per heavy atom. The average Bonchev–Trinajstić information content (AvgIpc) is 3.01. The standard InChI is InChI=1S/C11H14ClN5OS/c12-10-5-4-9(19-10)3-1-2-6-13-11(18)7-17-8-14-15-16-17/h4-5,8H,1-3,6-7H2,(H,13,18). The number of nitrogens with one attached hydrogen (secondary N) is 1. The third-order valence-corrected chi connectivity index (χ3v) is 3.79. The summed E-state index contributed by atoms with van der Waals surface area (Å²) in [6, 6.07) is 3.96. The van der Waals surface area contributed by atoms with Crippen LogP contribution in [-0.2, 0) is 17.8 Å². The van der Waals surface area contributed by atoms with E-state index in [4.69, 9.17) is 11.6 Å². The van der Waals surface area contributed by atoms with Crippen molar-refractivity contribution >= 4 is 28.8 Å². The van der Waals surface area contributed by atoms with Crippen LogP contribution in [0.5, 0.6) is 0 Å². The summed E-state index contributed by atoms with van der Waals surface area (Å²) in [4.78, 5) is 12.8. The highest BCUT2D eigenvalue weighted by molar-refractivity contribution is 7.16. The van der Waals surface area contributed by atoms with E-state index < -0.39 is 0 Å². The van der Waals surface area contributed by atoms with Crippen molar-refractivity contribution in [1.29, 1.82) is 0 Å². The molecule has 19 heavy (non-hydrogen) atoms. The monoisotopic (exact) mass is 299 g/mol. The number of aryl methyl sites for hydroxylation is 1. The van der Waals surface area contributed by atoms with Gasteiger partial charge in [-0.15, -0.1) is 16.4 Å². The number of unbranched alkanes of at least 4 members (excludes halogenated alkanes) is 1. The number of tetrazole rings is 1. The predicted molar refractivity (Wildman–Crippen MR) is 73.1 cm³/mol. The molecule has 0 atom stereocenters. The minimum Gasteiger partial charge on any atom is -0.354 e. The van der Waals surface area contributed by atoms with Crippen LogP contribution in [0.4, 0.5) is 0 Å². The summed E-state index contributed by atoms with van der Waals surface area (Å²) in [6.45, 7) is 0.827. The first-order valence-electron chi connectivity index (χ1n) is 5.96. The van der Waals surface area contributed by atoms with E-state index in [1.165, 1.54) is 15.9 Å². The lowest BCUT2D eigenvalue weighted by molar-refractivity contribution is -0.121. The lowest BCUT2D eigenvalue weighted by Gasteiger charge is -2.04.